The maximum atomic E-state index is 4.68. The highest BCUT2D eigenvalue weighted by Crippen LogP contribution is 2.29. The Morgan fingerprint density at radius 3 is 2.94 bits per heavy atom. The molecule has 3 heteroatoms. The summed E-state index contributed by atoms with van der Waals surface area (Å²) in [6, 6.07) is 0. The second-order valence-corrected chi connectivity index (χ2v) is 5.61. The van der Waals surface area contributed by atoms with E-state index in [1.54, 1.807) is 0 Å². The summed E-state index contributed by atoms with van der Waals surface area (Å²) in [7, 11) is 2.21. The third kappa shape index (κ3) is 1.67. The first kappa shape index (κ1) is 10.3. The van der Waals surface area contributed by atoms with Gasteiger partial charge in [0.05, 0.1) is 0 Å². The zero-order valence-corrected chi connectivity index (χ0v) is 10.3. The number of likely N-dealkylation sites (tertiary alicyclic amines) is 1. The van der Waals surface area contributed by atoms with E-state index in [0.717, 1.165) is 5.92 Å². The zero-order valence-electron chi connectivity index (χ0n) is 10.3. The molecule has 1 saturated heterocycles. The number of hydrogen-bond donors (Lipinski definition) is 0. The Morgan fingerprint density at radius 2 is 2.19 bits per heavy atom. The molecule has 1 fully saturated rings. The molecular weight excluding hydrogens is 198 g/mol. The summed E-state index contributed by atoms with van der Waals surface area (Å²) in [5.74, 6) is 2.84. The van der Waals surface area contributed by atoms with Gasteiger partial charge in [0.1, 0.15) is 5.82 Å². The summed E-state index contributed by atoms with van der Waals surface area (Å²) in [6.45, 7) is 5.95. The van der Waals surface area contributed by atoms with Crippen molar-refractivity contribution in [2.45, 2.75) is 38.6 Å². The third-order valence-electron chi connectivity index (χ3n) is 4.11. The van der Waals surface area contributed by atoms with Crippen molar-refractivity contribution in [3.63, 3.8) is 0 Å². The molecule has 1 aromatic heterocycles. The van der Waals surface area contributed by atoms with E-state index in [9.17, 15) is 0 Å². The van der Waals surface area contributed by atoms with Crippen molar-refractivity contribution in [3.05, 3.63) is 17.7 Å². The second-order valence-electron chi connectivity index (χ2n) is 5.61. The predicted octanol–water partition coefficient (Wildman–Crippen LogP) is 1.88. The number of fused-ring (bicyclic) bond motifs is 1. The molecule has 0 aliphatic carbocycles. The van der Waals surface area contributed by atoms with Crippen LogP contribution in [0.3, 0.4) is 0 Å². The summed E-state index contributed by atoms with van der Waals surface area (Å²) < 4.78 is 2.50. The highest BCUT2D eigenvalue weighted by atomic mass is 15.2. The molecule has 2 aliphatic rings. The minimum absolute atomic E-state index is 0.670. The van der Waals surface area contributed by atoms with Gasteiger partial charge in [0, 0.05) is 30.9 Å². The molecule has 3 nitrogen and oxygen atoms in total. The number of rotatable bonds is 1. The first-order valence-corrected chi connectivity index (χ1v) is 6.47. The Kier molecular flexibility index (Phi) is 2.51. The van der Waals surface area contributed by atoms with Crippen molar-refractivity contribution in [1.82, 2.24) is 14.5 Å². The Hall–Kier alpha value is -0.830. The second kappa shape index (κ2) is 3.88. The number of likely N-dealkylation sites (N-methyl/N-ethyl adjacent to an activating group) is 1. The molecule has 0 aromatic carbocycles. The van der Waals surface area contributed by atoms with Gasteiger partial charge in [-0.25, -0.2) is 4.98 Å². The van der Waals surface area contributed by atoms with Crippen molar-refractivity contribution < 1.29 is 0 Å². The van der Waals surface area contributed by atoms with Gasteiger partial charge in [0.25, 0.3) is 0 Å². The van der Waals surface area contributed by atoms with E-state index in [-0.39, 0.29) is 0 Å². The lowest BCUT2D eigenvalue weighted by molar-refractivity contribution is 0.376. The van der Waals surface area contributed by atoms with Crippen LogP contribution < -0.4 is 0 Å². The molecule has 88 valence electrons. The zero-order chi connectivity index (χ0) is 11.1. The van der Waals surface area contributed by atoms with Crippen LogP contribution in [-0.2, 0) is 13.0 Å². The first-order valence-electron chi connectivity index (χ1n) is 6.47. The lowest BCUT2D eigenvalue weighted by Crippen LogP contribution is -2.22. The smallest absolute Gasteiger partial charge is 0.113 e. The molecule has 0 N–H and O–H groups in total. The fourth-order valence-corrected chi connectivity index (χ4v) is 3.11. The van der Waals surface area contributed by atoms with Crippen LogP contribution in [0, 0.1) is 5.92 Å². The van der Waals surface area contributed by atoms with Crippen LogP contribution in [0.15, 0.2) is 6.20 Å². The quantitative estimate of drug-likeness (QED) is 0.719. The summed E-state index contributed by atoms with van der Waals surface area (Å²) in [5.41, 5.74) is 1.46. The van der Waals surface area contributed by atoms with Crippen molar-refractivity contribution >= 4 is 0 Å². The standard InChI is InChI=1S/C13H21N3/c1-10-3-4-12-7-14-13(16(12)8-10)11-5-6-15(2)9-11/h7,10-11H,3-6,8-9H2,1-2H3. The maximum Gasteiger partial charge on any atom is 0.113 e. The van der Waals surface area contributed by atoms with Gasteiger partial charge in [-0.3, -0.25) is 0 Å². The highest BCUT2D eigenvalue weighted by molar-refractivity contribution is 5.13. The normalized spacial score (nSPS) is 30.6. The maximum absolute atomic E-state index is 4.68. The molecule has 0 radical (unpaired) electrons. The van der Waals surface area contributed by atoms with Gasteiger partial charge < -0.3 is 9.47 Å². The van der Waals surface area contributed by atoms with Gasteiger partial charge in [0.2, 0.25) is 0 Å². The molecule has 16 heavy (non-hydrogen) atoms. The number of hydrogen-bond acceptors (Lipinski definition) is 2. The van der Waals surface area contributed by atoms with Crippen LogP contribution in [-0.4, -0.2) is 34.6 Å². The number of imidazole rings is 1. The van der Waals surface area contributed by atoms with Crippen LogP contribution in [0.1, 0.15) is 37.2 Å². The van der Waals surface area contributed by atoms with Gasteiger partial charge in [-0.15, -0.1) is 0 Å². The van der Waals surface area contributed by atoms with E-state index in [1.807, 2.05) is 0 Å². The van der Waals surface area contributed by atoms with E-state index in [1.165, 1.54) is 50.4 Å². The fourth-order valence-electron chi connectivity index (χ4n) is 3.11. The molecule has 0 amide bonds. The fraction of sp³-hybridized carbons (Fsp3) is 0.769. The van der Waals surface area contributed by atoms with Crippen LogP contribution in [0.4, 0.5) is 0 Å². The lowest BCUT2D eigenvalue weighted by Gasteiger charge is -2.24. The predicted molar refractivity (Wildman–Crippen MR) is 64.6 cm³/mol. The van der Waals surface area contributed by atoms with Crippen LogP contribution in [0.25, 0.3) is 0 Å². The SMILES string of the molecule is CC1CCc2cnc(C3CCN(C)C3)n2C1. The summed E-state index contributed by atoms with van der Waals surface area (Å²) in [5, 5.41) is 0. The molecular formula is C13H21N3. The summed E-state index contributed by atoms with van der Waals surface area (Å²) in [4.78, 5) is 7.10. The van der Waals surface area contributed by atoms with Crippen LogP contribution in [0.5, 0.6) is 0 Å². The molecule has 0 spiro atoms. The van der Waals surface area contributed by atoms with Gasteiger partial charge >= 0.3 is 0 Å². The van der Waals surface area contributed by atoms with E-state index >= 15 is 0 Å². The topological polar surface area (TPSA) is 21.1 Å². The molecule has 2 aliphatic heterocycles. The van der Waals surface area contributed by atoms with E-state index in [4.69, 9.17) is 0 Å². The van der Waals surface area contributed by atoms with Crippen molar-refractivity contribution in [2.75, 3.05) is 20.1 Å². The van der Waals surface area contributed by atoms with Crippen molar-refractivity contribution in [3.8, 4) is 0 Å². The van der Waals surface area contributed by atoms with Gasteiger partial charge in [-0.2, -0.15) is 0 Å². The Balaban J connectivity index is 1.88. The summed E-state index contributed by atoms with van der Waals surface area (Å²) in [6.07, 6.45) is 5.94. The Morgan fingerprint density at radius 1 is 1.31 bits per heavy atom. The average molecular weight is 219 g/mol. The minimum Gasteiger partial charge on any atom is -0.332 e. The van der Waals surface area contributed by atoms with Gasteiger partial charge in [0.15, 0.2) is 0 Å². The van der Waals surface area contributed by atoms with E-state index in [2.05, 4.69) is 34.6 Å². The number of aromatic nitrogens is 2. The Bertz CT molecular complexity index is 383. The van der Waals surface area contributed by atoms with Crippen molar-refractivity contribution in [2.24, 2.45) is 5.92 Å². The van der Waals surface area contributed by atoms with E-state index in [0.29, 0.717) is 5.92 Å². The first-order chi connectivity index (χ1) is 7.74. The third-order valence-corrected chi connectivity index (χ3v) is 4.11. The van der Waals surface area contributed by atoms with E-state index < -0.39 is 0 Å². The molecule has 0 bridgehead atoms. The summed E-state index contributed by atoms with van der Waals surface area (Å²) >= 11 is 0. The minimum atomic E-state index is 0.670. The molecule has 2 atom stereocenters. The molecule has 3 heterocycles. The van der Waals surface area contributed by atoms with Crippen molar-refractivity contribution in [1.29, 1.82) is 0 Å². The monoisotopic (exact) mass is 219 g/mol. The molecule has 3 rings (SSSR count). The molecule has 0 saturated carbocycles. The number of nitrogens with zero attached hydrogens (tertiary/aromatic N) is 3. The Labute approximate surface area is 97.5 Å². The lowest BCUT2D eigenvalue weighted by atomic mass is 9.99. The molecule has 2 unspecified atom stereocenters. The highest BCUT2D eigenvalue weighted by Gasteiger charge is 2.27. The van der Waals surface area contributed by atoms with Gasteiger partial charge in [-0.05, 0) is 38.8 Å². The number of aryl methyl sites for hydroxylation is 1. The molecule has 1 aromatic rings. The van der Waals surface area contributed by atoms with Gasteiger partial charge in [-0.1, -0.05) is 6.92 Å². The van der Waals surface area contributed by atoms with Crippen LogP contribution in [0.2, 0.25) is 0 Å². The largest absolute Gasteiger partial charge is 0.332 e. The average Bonchev–Trinajstić information content (AvgIpc) is 2.83. The van der Waals surface area contributed by atoms with Crippen LogP contribution >= 0.6 is 0 Å².